The summed E-state index contributed by atoms with van der Waals surface area (Å²) in [5.41, 5.74) is -5.39. The summed E-state index contributed by atoms with van der Waals surface area (Å²) in [7, 11) is 0. The number of rotatable bonds is 8. The Balaban J connectivity index is 1.71. The normalized spacial score (nSPS) is 20.2. The smallest absolute Gasteiger partial charge is 0.308 e. The van der Waals surface area contributed by atoms with E-state index in [0.717, 1.165) is 17.0 Å². The molecule has 0 saturated carbocycles. The summed E-state index contributed by atoms with van der Waals surface area (Å²) in [5, 5.41) is 13.2. The van der Waals surface area contributed by atoms with Crippen LogP contribution in [0.2, 0.25) is 10.0 Å². The van der Waals surface area contributed by atoms with Crippen molar-refractivity contribution in [3.8, 4) is 0 Å². The van der Waals surface area contributed by atoms with Crippen molar-refractivity contribution in [2.24, 2.45) is 0 Å². The van der Waals surface area contributed by atoms with Crippen LogP contribution < -0.4 is 0 Å². The molecule has 1 unspecified atom stereocenters. The molecular weight excluding hydrogens is 591 g/mol. The van der Waals surface area contributed by atoms with Crippen LogP contribution in [-0.4, -0.2) is 53.2 Å². The zero-order valence-corrected chi connectivity index (χ0v) is 24.1. The number of benzene rings is 3. The van der Waals surface area contributed by atoms with Gasteiger partial charge in [0.1, 0.15) is 5.82 Å². The number of amides is 1. The van der Waals surface area contributed by atoms with Crippen LogP contribution in [0.1, 0.15) is 69.6 Å². The summed E-state index contributed by atoms with van der Waals surface area (Å²) in [6, 6.07) is 12.8. The van der Waals surface area contributed by atoms with Gasteiger partial charge in [-0.3, -0.25) is 19.3 Å². The van der Waals surface area contributed by atoms with Gasteiger partial charge in [0.05, 0.1) is 43.4 Å². The summed E-state index contributed by atoms with van der Waals surface area (Å²) < 4.78 is 42.1. The maximum atomic E-state index is 16.1. The summed E-state index contributed by atoms with van der Waals surface area (Å²) in [4.78, 5) is 41.3. The second kappa shape index (κ2) is 11.7. The highest BCUT2D eigenvalue weighted by molar-refractivity contribution is 6.30. The highest BCUT2D eigenvalue weighted by Gasteiger charge is 2.55. The Bertz CT molecular complexity index is 1530. The molecule has 7 nitrogen and oxygen atoms in total. The van der Waals surface area contributed by atoms with E-state index in [-0.39, 0.29) is 49.4 Å². The van der Waals surface area contributed by atoms with E-state index in [9.17, 15) is 19.5 Å². The molecule has 2 aliphatic heterocycles. The van der Waals surface area contributed by atoms with E-state index in [2.05, 4.69) is 0 Å². The molecule has 3 aromatic carbocycles. The minimum Gasteiger partial charge on any atom is -0.466 e. The zero-order valence-electron chi connectivity index (χ0n) is 22.5. The molecule has 5 rings (SSSR count). The summed E-state index contributed by atoms with van der Waals surface area (Å²) in [5.74, 6) is -3.62. The molecule has 3 aromatic rings. The van der Waals surface area contributed by atoms with Crippen molar-refractivity contribution >= 4 is 40.9 Å². The van der Waals surface area contributed by atoms with Crippen LogP contribution in [0.15, 0.2) is 60.7 Å². The number of aliphatic hydroxyl groups is 1. The van der Waals surface area contributed by atoms with Crippen molar-refractivity contribution in [1.29, 1.82) is 0 Å². The summed E-state index contributed by atoms with van der Waals surface area (Å²) >= 11 is 12.2. The first kappa shape index (κ1) is 30.1. The summed E-state index contributed by atoms with van der Waals surface area (Å²) in [6.07, 6.45) is -0.818. The lowest BCUT2D eigenvalue weighted by molar-refractivity contribution is -0.146. The van der Waals surface area contributed by atoms with Gasteiger partial charge in [0.15, 0.2) is 17.2 Å². The van der Waals surface area contributed by atoms with E-state index in [0.29, 0.717) is 15.6 Å². The SMILES string of the molecule is CCOC(=O)C[C@@H](c1ccc(Cl)cc1)N1C(=O)c2cc(C(=O)C3(F)CCOCC3)cc(F)c2C1(O)c1ccc(Cl)cc1. The molecule has 1 fully saturated rings. The molecule has 0 spiro atoms. The average molecular weight is 618 g/mol. The molecule has 1 N–H and O–H groups in total. The molecule has 11 heteroatoms. The molecule has 2 atom stereocenters. The molecule has 2 aliphatic rings. The van der Waals surface area contributed by atoms with Gasteiger partial charge in [0.25, 0.3) is 5.91 Å². The molecule has 1 amide bonds. The van der Waals surface area contributed by atoms with E-state index in [1.54, 1.807) is 31.2 Å². The average Bonchev–Trinajstić information content (AvgIpc) is 3.19. The van der Waals surface area contributed by atoms with Crippen molar-refractivity contribution in [3.63, 3.8) is 0 Å². The monoisotopic (exact) mass is 617 g/mol. The van der Waals surface area contributed by atoms with Gasteiger partial charge in [-0.15, -0.1) is 0 Å². The standard InChI is InChI=1S/C31H27Cl2F2NO6/c1-2-42-26(37)17-25(18-3-7-21(32)8-4-18)36-29(39)23-15-19(28(38)30(35)11-13-41-14-12-30)16-24(34)27(23)31(36,40)20-5-9-22(33)10-6-20/h3-10,15-16,25,40H,2,11-14,17H2,1H3/t25-,31?/m0/s1. The number of ketones is 1. The highest BCUT2D eigenvalue weighted by Crippen LogP contribution is 2.49. The van der Waals surface area contributed by atoms with E-state index < -0.39 is 52.9 Å². The minimum absolute atomic E-state index is 0.0231. The molecule has 220 valence electrons. The van der Waals surface area contributed by atoms with E-state index in [1.165, 1.54) is 24.3 Å². The summed E-state index contributed by atoms with van der Waals surface area (Å²) in [6.45, 7) is 1.74. The topological polar surface area (TPSA) is 93.1 Å². The fourth-order valence-corrected chi connectivity index (χ4v) is 5.84. The van der Waals surface area contributed by atoms with E-state index in [1.807, 2.05) is 0 Å². The van der Waals surface area contributed by atoms with Crippen LogP contribution >= 0.6 is 23.2 Å². The van der Waals surface area contributed by atoms with Crippen molar-refractivity contribution in [1.82, 2.24) is 4.90 Å². The predicted octanol–water partition coefficient (Wildman–Crippen LogP) is 6.18. The van der Waals surface area contributed by atoms with E-state index in [4.69, 9.17) is 32.7 Å². The van der Waals surface area contributed by atoms with Gasteiger partial charge >= 0.3 is 5.97 Å². The molecule has 0 radical (unpaired) electrons. The molecular formula is C31H27Cl2F2NO6. The predicted molar refractivity (Wildman–Crippen MR) is 151 cm³/mol. The Morgan fingerprint density at radius 1 is 1.05 bits per heavy atom. The number of hydrogen-bond donors (Lipinski definition) is 1. The molecule has 42 heavy (non-hydrogen) atoms. The molecule has 2 heterocycles. The number of hydrogen-bond acceptors (Lipinski definition) is 6. The number of halogens is 4. The fraction of sp³-hybridized carbons (Fsp3) is 0.323. The van der Waals surface area contributed by atoms with Crippen molar-refractivity contribution in [2.45, 2.75) is 43.6 Å². The number of ether oxygens (including phenoxy) is 2. The first-order chi connectivity index (χ1) is 20.0. The van der Waals surface area contributed by atoms with Crippen molar-refractivity contribution in [3.05, 3.63) is 104 Å². The van der Waals surface area contributed by atoms with Crippen LogP contribution in [0.3, 0.4) is 0 Å². The van der Waals surface area contributed by atoms with Crippen molar-refractivity contribution < 1.29 is 37.7 Å². The molecule has 0 aliphatic carbocycles. The van der Waals surface area contributed by atoms with Gasteiger partial charge in [-0.05, 0) is 48.9 Å². The minimum atomic E-state index is -2.45. The maximum Gasteiger partial charge on any atom is 0.308 e. The lowest BCUT2D eigenvalue weighted by Gasteiger charge is -2.40. The highest BCUT2D eigenvalue weighted by atomic mass is 35.5. The van der Waals surface area contributed by atoms with Gasteiger partial charge in [-0.2, -0.15) is 0 Å². The lowest BCUT2D eigenvalue weighted by atomic mass is 9.85. The number of carbonyl (C=O) groups excluding carboxylic acids is 3. The maximum absolute atomic E-state index is 16.1. The van der Waals surface area contributed by atoms with Crippen molar-refractivity contribution in [2.75, 3.05) is 19.8 Å². The van der Waals surface area contributed by atoms with Gasteiger partial charge in [0, 0.05) is 34.0 Å². The first-order valence-corrected chi connectivity index (χ1v) is 14.1. The van der Waals surface area contributed by atoms with Crippen LogP contribution in [0.25, 0.3) is 0 Å². The number of carbonyl (C=O) groups is 3. The zero-order chi connectivity index (χ0) is 30.2. The third kappa shape index (κ3) is 5.30. The lowest BCUT2D eigenvalue weighted by Crippen LogP contribution is -2.47. The van der Waals surface area contributed by atoms with Crippen LogP contribution in [0, 0.1) is 5.82 Å². The van der Waals surface area contributed by atoms with Crippen LogP contribution in [0.5, 0.6) is 0 Å². The van der Waals surface area contributed by atoms with E-state index >= 15 is 8.78 Å². The second-order valence-corrected chi connectivity index (χ2v) is 11.1. The third-order valence-electron chi connectivity index (χ3n) is 7.67. The number of nitrogens with zero attached hydrogens (tertiary/aromatic N) is 1. The van der Waals surface area contributed by atoms with Crippen LogP contribution in [-0.2, 0) is 20.0 Å². The van der Waals surface area contributed by atoms with Gasteiger partial charge < -0.3 is 14.6 Å². The Labute approximate surface area is 250 Å². The number of Topliss-reactive ketones (excluding diaryl/α,β-unsaturated/α-hetero) is 1. The Kier molecular flexibility index (Phi) is 8.40. The fourth-order valence-electron chi connectivity index (χ4n) is 5.59. The van der Waals surface area contributed by atoms with Crippen LogP contribution in [0.4, 0.5) is 8.78 Å². The number of esters is 1. The molecule has 1 saturated heterocycles. The molecule has 0 aromatic heterocycles. The number of fused-ring (bicyclic) bond motifs is 1. The Morgan fingerprint density at radius 3 is 2.24 bits per heavy atom. The molecule has 0 bridgehead atoms. The Hall–Kier alpha value is -3.37. The van der Waals surface area contributed by atoms with Gasteiger partial charge in [-0.25, -0.2) is 8.78 Å². The number of alkyl halides is 1. The Morgan fingerprint density at radius 2 is 1.64 bits per heavy atom. The largest absolute Gasteiger partial charge is 0.466 e. The quantitative estimate of drug-likeness (QED) is 0.240. The second-order valence-electron chi connectivity index (χ2n) is 10.2. The third-order valence-corrected chi connectivity index (χ3v) is 8.17. The van der Waals surface area contributed by atoms with Gasteiger partial charge in [0.2, 0.25) is 0 Å². The first-order valence-electron chi connectivity index (χ1n) is 13.4. The van der Waals surface area contributed by atoms with Gasteiger partial charge in [-0.1, -0.05) is 47.5 Å².